The Hall–Kier alpha value is -0.580. The molecule has 0 spiro atoms. The third-order valence-corrected chi connectivity index (χ3v) is 2.91. The molecule has 0 aromatic carbocycles. The van der Waals surface area contributed by atoms with E-state index in [1.54, 1.807) is 0 Å². The molecular formula is C10H16F3NO. The van der Waals surface area contributed by atoms with Crippen LogP contribution in [0.3, 0.4) is 0 Å². The molecule has 1 fully saturated rings. The molecule has 1 heterocycles. The van der Waals surface area contributed by atoms with Crippen molar-refractivity contribution in [2.45, 2.75) is 38.8 Å². The minimum Gasteiger partial charge on any atom is -0.316 e. The first-order chi connectivity index (χ1) is 6.83. The fourth-order valence-corrected chi connectivity index (χ4v) is 1.81. The topological polar surface area (TPSA) is 29.1 Å². The van der Waals surface area contributed by atoms with Gasteiger partial charge < -0.3 is 5.32 Å². The molecule has 0 radical (unpaired) electrons. The number of halogens is 3. The zero-order valence-electron chi connectivity index (χ0n) is 8.78. The van der Waals surface area contributed by atoms with Crippen molar-refractivity contribution in [1.29, 1.82) is 0 Å². The SMILES string of the molecule is CC1(C(=O)CCCC(F)(F)F)CCNC1. The van der Waals surface area contributed by atoms with Crippen molar-refractivity contribution in [3.8, 4) is 0 Å². The normalized spacial score (nSPS) is 26.9. The molecule has 0 saturated carbocycles. The van der Waals surface area contributed by atoms with Gasteiger partial charge in [0.05, 0.1) is 0 Å². The van der Waals surface area contributed by atoms with Gasteiger partial charge >= 0.3 is 6.18 Å². The monoisotopic (exact) mass is 223 g/mol. The van der Waals surface area contributed by atoms with Crippen LogP contribution in [0.5, 0.6) is 0 Å². The number of rotatable bonds is 4. The van der Waals surface area contributed by atoms with E-state index in [9.17, 15) is 18.0 Å². The van der Waals surface area contributed by atoms with E-state index in [1.807, 2.05) is 6.92 Å². The Morgan fingerprint density at radius 3 is 2.60 bits per heavy atom. The van der Waals surface area contributed by atoms with Crippen LogP contribution in [-0.4, -0.2) is 25.0 Å². The molecule has 1 atom stereocenters. The lowest BCUT2D eigenvalue weighted by Crippen LogP contribution is -2.30. The van der Waals surface area contributed by atoms with E-state index in [0.717, 1.165) is 13.0 Å². The molecule has 0 amide bonds. The Balaban J connectivity index is 2.30. The van der Waals surface area contributed by atoms with E-state index in [4.69, 9.17) is 0 Å². The van der Waals surface area contributed by atoms with Crippen LogP contribution in [0.2, 0.25) is 0 Å². The molecule has 1 unspecified atom stereocenters. The summed E-state index contributed by atoms with van der Waals surface area (Å²) in [5.41, 5.74) is -0.439. The lowest BCUT2D eigenvalue weighted by atomic mass is 9.82. The number of carbonyl (C=O) groups excluding carboxylic acids is 1. The van der Waals surface area contributed by atoms with Gasteiger partial charge in [-0.2, -0.15) is 13.2 Å². The average molecular weight is 223 g/mol. The van der Waals surface area contributed by atoms with Crippen molar-refractivity contribution in [1.82, 2.24) is 5.32 Å². The summed E-state index contributed by atoms with van der Waals surface area (Å²) in [6, 6.07) is 0. The zero-order chi connectivity index (χ0) is 11.5. The van der Waals surface area contributed by atoms with Crippen molar-refractivity contribution in [3.63, 3.8) is 0 Å². The maximum Gasteiger partial charge on any atom is 0.389 e. The molecule has 0 aromatic rings. The Morgan fingerprint density at radius 1 is 1.47 bits per heavy atom. The number of ketones is 1. The standard InChI is InChI=1S/C10H16F3NO/c1-9(5-6-14-7-9)8(15)3-2-4-10(11,12)13/h14H,2-7H2,1H3. The van der Waals surface area contributed by atoms with E-state index < -0.39 is 18.0 Å². The van der Waals surface area contributed by atoms with E-state index in [0.29, 0.717) is 6.54 Å². The first-order valence-electron chi connectivity index (χ1n) is 5.14. The first kappa shape index (κ1) is 12.5. The van der Waals surface area contributed by atoms with Crippen molar-refractivity contribution >= 4 is 5.78 Å². The summed E-state index contributed by atoms with van der Waals surface area (Å²) < 4.78 is 35.6. The minimum absolute atomic E-state index is 0.0394. The fourth-order valence-electron chi connectivity index (χ4n) is 1.81. The highest BCUT2D eigenvalue weighted by Gasteiger charge is 2.36. The minimum atomic E-state index is -4.14. The van der Waals surface area contributed by atoms with Gasteiger partial charge in [-0.05, 0) is 19.4 Å². The predicted octanol–water partition coefficient (Wildman–Crippen LogP) is 2.29. The van der Waals surface area contributed by atoms with Crippen LogP contribution in [0.1, 0.15) is 32.6 Å². The summed E-state index contributed by atoms with van der Waals surface area (Å²) in [6.07, 6.45) is -4.31. The predicted molar refractivity (Wildman–Crippen MR) is 50.5 cm³/mol. The van der Waals surface area contributed by atoms with E-state index in [1.165, 1.54) is 0 Å². The lowest BCUT2D eigenvalue weighted by Gasteiger charge is -2.20. The van der Waals surface area contributed by atoms with Crippen molar-refractivity contribution in [3.05, 3.63) is 0 Å². The highest BCUT2D eigenvalue weighted by Crippen LogP contribution is 2.29. The number of alkyl halides is 3. The first-order valence-corrected chi connectivity index (χ1v) is 5.14. The van der Waals surface area contributed by atoms with Gasteiger partial charge in [-0.1, -0.05) is 6.92 Å². The van der Waals surface area contributed by atoms with Gasteiger partial charge in [-0.3, -0.25) is 4.79 Å². The van der Waals surface area contributed by atoms with Gasteiger partial charge in [0.15, 0.2) is 0 Å². The summed E-state index contributed by atoms with van der Waals surface area (Å²) in [6.45, 7) is 3.20. The number of hydrogen-bond acceptors (Lipinski definition) is 2. The summed E-state index contributed by atoms with van der Waals surface area (Å²) >= 11 is 0. The van der Waals surface area contributed by atoms with Crippen molar-refractivity contribution < 1.29 is 18.0 Å². The lowest BCUT2D eigenvalue weighted by molar-refractivity contribution is -0.138. The molecular weight excluding hydrogens is 207 g/mol. The molecule has 1 saturated heterocycles. The van der Waals surface area contributed by atoms with Gasteiger partial charge in [0.25, 0.3) is 0 Å². The van der Waals surface area contributed by atoms with Crippen molar-refractivity contribution in [2.24, 2.45) is 5.41 Å². The average Bonchev–Trinajstić information content (AvgIpc) is 2.51. The third-order valence-electron chi connectivity index (χ3n) is 2.91. The molecule has 5 heteroatoms. The molecule has 1 aliphatic heterocycles. The maximum absolute atomic E-state index is 11.9. The van der Waals surface area contributed by atoms with Crippen LogP contribution in [0.25, 0.3) is 0 Å². The molecule has 1 rings (SSSR count). The van der Waals surface area contributed by atoms with Crippen LogP contribution in [0.15, 0.2) is 0 Å². The molecule has 15 heavy (non-hydrogen) atoms. The Bertz CT molecular complexity index is 231. The fraction of sp³-hybridized carbons (Fsp3) is 0.900. The Labute approximate surface area is 87.2 Å². The van der Waals surface area contributed by atoms with Crippen LogP contribution in [0.4, 0.5) is 13.2 Å². The largest absolute Gasteiger partial charge is 0.389 e. The van der Waals surface area contributed by atoms with Gasteiger partial charge in [0.2, 0.25) is 0 Å². The van der Waals surface area contributed by atoms with Crippen LogP contribution >= 0.6 is 0 Å². The zero-order valence-corrected chi connectivity index (χ0v) is 8.78. The summed E-state index contributed by atoms with van der Waals surface area (Å²) in [5, 5.41) is 3.06. The second kappa shape index (κ2) is 4.51. The van der Waals surface area contributed by atoms with E-state index in [-0.39, 0.29) is 18.6 Å². The Morgan fingerprint density at radius 2 is 2.13 bits per heavy atom. The molecule has 0 aliphatic carbocycles. The van der Waals surface area contributed by atoms with Crippen LogP contribution in [-0.2, 0) is 4.79 Å². The number of Topliss-reactive ketones (excluding diaryl/α,β-unsaturated/α-hetero) is 1. The second-order valence-corrected chi connectivity index (χ2v) is 4.38. The highest BCUT2D eigenvalue weighted by molar-refractivity contribution is 5.85. The van der Waals surface area contributed by atoms with Crippen molar-refractivity contribution in [2.75, 3.05) is 13.1 Å². The molecule has 0 aromatic heterocycles. The number of nitrogens with one attached hydrogen (secondary N) is 1. The van der Waals surface area contributed by atoms with Gasteiger partial charge in [-0.25, -0.2) is 0 Å². The number of carbonyl (C=O) groups is 1. The molecule has 1 N–H and O–H groups in total. The van der Waals surface area contributed by atoms with Gasteiger partial charge in [0, 0.05) is 24.8 Å². The van der Waals surface area contributed by atoms with E-state index in [2.05, 4.69) is 5.32 Å². The smallest absolute Gasteiger partial charge is 0.316 e. The quantitative estimate of drug-likeness (QED) is 0.792. The summed E-state index contributed by atoms with van der Waals surface area (Å²) in [4.78, 5) is 11.6. The summed E-state index contributed by atoms with van der Waals surface area (Å²) in [7, 11) is 0. The molecule has 0 bridgehead atoms. The van der Waals surface area contributed by atoms with E-state index >= 15 is 0 Å². The van der Waals surface area contributed by atoms with Crippen LogP contribution in [0, 0.1) is 5.41 Å². The second-order valence-electron chi connectivity index (χ2n) is 4.38. The van der Waals surface area contributed by atoms with Crippen LogP contribution < -0.4 is 5.32 Å². The summed E-state index contributed by atoms with van der Waals surface area (Å²) in [5.74, 6) is -0.0447. The third kappa shape index (κ3) is 3.81. The molecule has 88 valence electrons. The molecule has 1 aliphatic rings. The van der Waals surface area contributed by atoms with Gasteiger partial charge in [0.1, 0.15) is 5.78 Å². The van der Waals surface area contributed by atoms with Gasteiger partial charge in [-0.15, -0.1) is 0 Å². The Kier molecular flexibility index (Phi) is 3.76. The highest BCUT2D eigenvalue weighted by atomic mass is 19.4. The molecule has 2 nitrogen and oxygen atoms in total. The maximum atomic E-state index is 11.9. The number of hydrogen-bond donors (Lipinski definition) is 1.